The lowest BCUT2D eigenvalue weighted by molar-refractivity contribution is -0.146. The molecule has 1 aromatic heterocycles. The highest BCUT2D eigenvalue weighted by Crippen LogP contribution is 2.35. The van der Waals surface area contributed by atoms with Crippen LogP contribution in [0.5, 0.6) is 5.75 Å². The van der Waals surface area contributed by atoms with Gasteiger partial charge in [0.1, 0.15) is 5.75 Å². The third kappa shape index (κ3) is 6.83. The number of carbonyl (C=O) groups is 2. The van der Waals surface area contributed by atoms with Crippen LogP contribution in [0.15, 0.2) is 54.9 Å². The number of aromatic nitrogens is 2. The van der Waals surface area contributed by atoms with Crippen LogP contribution in [-0.4, -0.2) is 82.7 Å². The predicted molar refractivity (Wildman–Crippen MR) is 168 cm³/mol. The molecule has 10 heteroatoms. The van der Waals surface area contributed by atoms with Gasteiger partial charge in [-0.1, -0.05) is 29.8 Å². The highest BCUT2D eigenvalue weighted by Gasteiger charge is 2.38. The van der Waals surface area contributed by atoms with E-state index in [-0.39, 0.29) is 17.7 Å². The first-order chi connectivity index (χ1) is 20.8. The molecule has 1 saturated carbocycles. The average Bonchev–Trinajstić information content (AvgIpc) is 3.72. The Morgan fingerprint density at radius 3 is 2.63 bits per heavy atom. The SMILES string of the molecule is CC(C)(Oc1cccc(N2CCC[C@@H](C(=O)N(Cc3ccc(-c4cn[nH]c4)c(Cl)c3)C3CC3)C2)c1)C(=O)N1CCNCC1. The maximum atomic E-state index is 14.0. The standard InChI is InChI=1S/C33H41ClN6O3/c1-33(2,32(42)38-15-12-35-13-16-38)43-28-7-3-6-27(18-28)39-14-4-5-24(22-39)31(41)40(26-9-10-26)21-23-8-11-29(30(34)17-23)25-19-36-37-20-25/h3,6-8,11,17-20,24,26,35H,4-5,9-10,12-16,21-22H2,1-2H3,(H,36,37)/t24-/m1/s1. The van der Waals surface area contributed by atoms with Gasteiger partial charge in [-0.15, -0.1) is 0 Å². The molecule has 3 aromatic rings. The molecule has 2 saturated heterocycles. The summed E-state index contributed by atoms with van der Waals surface area (Å²) in [6.07, 6.45) is 7.49. The number of carbonyl (C=O) groups excluding carboxylic acids is 2. The number of H-pyrrole nitrogens is 1. The summed E-state index contributed by atoms with van der Waals surface area (Å²) in [4.78, 5) is 33.4. The van der Waals surface area contributed by atoms with Crippen molar-refractivity contribution in [3.05, 3.63) is 65.4 Å². The molecule has 228 valence electrons. The van der Waals surface area contributed by atoms with Crippen molar-refractivity contribution < 1.29 is 14.3 Å². The van der Waals surface area contributed by atoms with Crippen LogP contribution in [0.3, 0.4) is 0 Å². The number of rotatable bonds is 9. The van der Waals surface area contributed by atoms with E-state index < -0.39 is 5.60 Å². The quantitative estimate of drug-likeness (QED) is 0.367. The monoisotopic (exact) mass is 604 g/mol. The highest BCUT2D eigenvalue weighted by molar-refractivity contribution is 6.33. The number of anilines is 1. The van der Waals surface area contributed by atoms with Crippen molar-refractivity contribution in [2.24, 2.45) is 5.92 Å². The Balaban J connectivity index is 1.12. The molecular weight excluding hydrogens is 564 g/mol. The van der Waals surface area contributed by atoms with Gasteiger partial charge in [-0.25, -0.2) is 0 Å². The summed E-state index contributed by atoms with van der Waals surface area (Å²) in [6.45, 7) is 8.76. The Morgan fingerprint density at radius 1 is 1.09 bits per heavy atom. The van der Waals surface area contributed by atoms with E-state index in [1.165, 1.54) is 0 Å². The number of amides is 2. The number of ether oxygens (including phenoxy) is 1. The second-order valence-corrected chi connectivity index (χ2v) is 12.8. The van der Waals surface area contributed by atoms with E-state index in [4.69, 9.17) is 16.3 Å². The zero-order chi connectivity index (χ0) is 30.0. The summed E-state index contributed by atoms with van der Waals surface area (Å²) < 4.78 is 6.28. The van der Waals surface area contributed by atoms with Crippen molar-refractivity contribution in [3.8, 4) is 16.9 Å². The minimum Gasteiger partial charge on any atom is -0.478 e. The van der Waals surface area contributed by atoms with E-state index in [0.717, 1.165) is 67.7 Å². The lowest BCUT2D eigenvalue weighted by Crippen LogP contribution is -2.54. The highest BCUT2D eigenvalue weighted by atomic mass is 35.5. The van der Waals surface area contributed by atoms with Crippen LogP contribution in [0.1, 0.15) is 45.1 Å². The smallest absolute Gasteiger partial charge is 0.266 e. The number of aromatic amines is 1. The second kappa shape index (κ2) is 12.6. The molecular formula is C33H41ClN6O3. The molecule has 0 bridgehead atoms. The molecule has 2 amide bonds. The first-order valence-corrected chi connectivity index (χ1v) is 15.8. The predicted octanol–water partition coefficient (Wildman–Crippen LogP) is 4.73. The van der Waals surface area contributed by atoms with Crippen LogP contribution >= 0.6 is 11.6 Å². The molecule has 9 nitrogen and oxygen atoms in total. The fourth-order valence-electron chi connectivity index (χ4n) is 6.24. The summed E-state index contributed by atoms with van der Waals surface area (Å²) in [6, 6.07) is 14.3. The number of hydrogen-bond acceptors (Lipinski definition) is 6. The molecule has 2 N–H and O–H groups in total. The van der Waals surface area contributed by atoms with Crippen molar-refractivity contribution in [2.75, 3.05) is 44.2 Å². The Labute approximate surface area is 258 Å². The molecule has 2 aromatic carbocycles. The maximum Gasteiger partial charge on any atom is 0.266 e. The van der Waals surface area contributed by atoms with Gasteiger partial charge in [0.2, 0.25) is 5.91 Å². The molecule has 1 atom stereocenters. The normalized spacial score (nSPS) is 19.3. The van der Waals surface area contributed by atoms with E-state index in [1.807, 2.05) is 55.3 Å². The van der Waals surface area contributed by atoms with Crippen molar-refractivity contribution >= 4 is 29.1 Å². The van der Waals surface area contributed by atoms with Crippen LogP contribution in [-0.2, 0) is 16.1 Å². The minimum atomic E-state index is -0.971. The summed E-state index contributed by atoms with van der Waals surface area (Å²) in [5.74, 6) is 0.804. The number of hydrogen-bond donors (Lipinski definition) is 2. The van der Waals surface area contributed by atoms with Crippen LogP contribution in [0.2, 0.25) is 5.02 Å². The van der Waals surface area contributed by atoms with Gasteiger partial charge in [0, 0.05) is 86.0 Å². The van der Waals surface area contributed by atoms with Gasteiger partial charge in [-0.05, 0) is 63.3 Å². The Hall–Kier alpha value is -3.56. The Morgan fingerprint density at radius 2 is 1.91 bits per heavy atom. The zero-order valence-corrected chi connectivity index (χ0v) is 25.8. The van der Waals surface area contributed by atoms with Crippen molar-refractivity contribution in [1.29, 1.82) is 0 Å². The van der Waals surface area contributed by atoms with E-state index in [2.05, 4.69) is 37.4 Å². The summed E-state index contributed by atoms with van der Waals surface area (Å²) >= 11 is 6.64. The second-order valence-electron chi connectivity index (χ2n) is 12.4. The van der Waals surface area contributed by atoms with E-state index in [0.29, 0.717) is 43.0 Å². The number of nitrogens with one attached hydrogen (secondary N) is 2. The van der Waals surface area contributed by atoms with Gasteiger partial charge in [0.25, 0.3) is 5.91 Å². The lowest BCUT2D eigenvalue weighted by Gasteiger charge is -2.37. The molecule has 43 heavy (non-hydrogen) atoms. The van der Waals surface area contributed by atoms with E-state index >= 15 is 0 Å². The van der Waals surface area contributed by atoms with E-state index in [1.54, 1.807) is 6.20 Å². The molecule has 1 aliphatic carbocycles. The summed E-state index contributed by atoms with van der Waals surface area (Å²) in [5, 5.41) is 10.8. The molecule has 6 rings (SSSR count). The van der Waals surface area contributed by atoms with E-state index in [9.17, 15) is 9.59 Å². The van der Waals surface area contributed by atoms with Gasteiger partial charge < -0.3 is 24.8 Å². The van der Waals surface area contributed by atoms with Gasteiger partial charge >= 0.3 is 0 Å². The number of piperidine rings is 1. The molecule has 3 fully saturated rings. The van der Waals surface area contributed by atoms with Gasteiger partial charge in [0.05, 0.1) is 12.1 Å². The van der Waals surface area contributed by atoms with Crippen LogP contribution in [0.4, 0.5) is 5.69 Å². The van der Waals surface area contributed by atoms with Gasteiger partial charge in [-0.3, -0.25) is 14.7 Å². The van der Waals surface area contributed by atoms with Crippen LogP contribution in [0.25, 0.3) is 11.1 Å². The third-order valence-electron chi connectivity index (χ3n) is 8.71. The fourth-order valence-corrected chi connectivity index (χ4v) is 6.55. The zero-order valence-electron chi connectivity index (χ0n) is 25.0. The first kappa shape index (κ1) is 29.5. The topological polar surface area (TPSA) is 93.8 Å². The van der Waals surface area contributed by atoms with Crippen molar-refractivity contribution in [3.63, 3.8) is 0 Å². The third-order valence-corrected chi connectivity index (χ3v) is 9.02. The maximum absolute atomic E-state index is 14.0. The summed E-state index contributed by atoms with van der Waals surface area (Å²) in [7, 11) is 0. The van der Waals surface area contributed by atoms with Gasteiger partial charge in [0.15, 0.2) is 5.60 Å². The molecule has 0 radical (unpaired) electrons. The van der Waals surface area contributed by atoms with Crippen LogP contribution in [0, 0.1) is 5.92 Å². The van der Waals surface area contributed by atoms with Crippen molar-refractivity contribution in [1.82, 2.24) is 25.3 Å². The molecule has 3 aliphatic rings. The summed E-state index contributed by atoms with van der Waals surface area (Å²) in [5.41, 5.74) is 2.95. The lowest BCUT2D eigenvalue weighted by atomic mass is 9.95. The van der Waals surface area contributed by atoms with Crippen molar-refractivity contribution in [2.45, 2.75) is 57.7 Å². The average molecular weight is 605 g/mol. The Kier molecular flexibility index (Phi) is 8.63. The number of nitrogens with zero attached hydrogens (tertiary/aromatic N) is 4. The first-order valence-electron chi connectivity index (χ1n) is 15.4. The largest absolute Gasteiger partial charge is 0.478 e. The number of benzene rings is 2. The molecule has 3 heterocycles. The minimum absolute atomic E-state index is 0.000564. The molecule has 2 aliphatic heterocycles. The number of piperazine rings is 1. The molecule has 0 unspecified atom stereocenters. The van der Waals surface area contributed by atoms with Crippen LogP contribution < -0.4 is 15.0 Å². The Bertz CT molecular complexity index is 1430. The fraction of sp³-hybridized carbons (Fsp3) is 0.485. The molecule has 0 spiro atoms. The van der Waals surface area contributed by atoms with Gasteiger partial charge in [-0.2, -0.15) is 5.10 Å². The number of halogens is 1.